The quantitative estimate of drug-likeness (QED) is 0.904. The van der Waals surface area contributed by atoms with Crippen LogP contribution in [0.5, 0.6) is 0 Å². The van der Waals surface area contributed by atoms with Crippen LogP contribution < -0.4 is 0 Å². The second kappa shape index (κ2) is 6.40. The Morgan fingerprint density at radius 2 is 2.00 bits per heavy atom. The number of amides is 1. The van der Waals surface area contributed by atoms with E-state index < -0.39 is 5.60 Å². The van der Waals surface area contributed by atoms with Crippen LogP contribution in [0.1, 0.15) is 57.7 Å². The highest BCUT2D eigenvalue weighted by Gasteiger charge is 2.50. The predicted octanol–water partition coefficient (Wildman–Crippen LogP) is 1.64. The Hall–Kier alpha value is -1.40. The molecule has 138 valence electrons. The first-order valence-electron chi connectivity index (χ1n) is 9.73. The summed E-state index contributed by atoms with van der Waals surface area (Å²) in [4.78, 5) is 21.7. The van der Waals surface area contributed by atoms with Crippen LogP contribution in [0, 0.1) is 0 Å². The van der Waals surface area contributed by atoms with Crippen LogP contribution >= 0.6 is 0 Å². The van der Waals surface area contributed by atoms with Gasteiger partial charge in [-0.1, -0.05) is 0 Å². The Morgan fingerprint density at radius 3 is 2.60 bits per heavy atom. The van der Waals surface area contributed by atoms with E-state index in [1.807, 2.05) is 17.8 Å². The maximum atomic E-state index is 12.8. The maximum Gasteiger partial charge on any atom is 0.237 e. The van der Waals surface area contributed by atoms with Gasteiger partial charge in [-0.05, 0) is 51.9 Å². The Bertz CT molecular complexity index is 629. The minimum Gasteiger partial charge on any atom is -0.382 e. The predicted molar refractivity (Wildman–Crippen MR) is 94.9 cm³/mol. The van der Waals surface area contributed by atoms with E-state index in [0.29, 0.717) is 25.4 Å². The van der Waals surface area contributed by atoms with Crippen molar-refractivity contribution in [1.82, 2.24) is 19.4 Å². The van der Waals surface area contributed by atoms with Crippen LogP contribution in [0.4, 0.5) is 0 Å². The standard InChI is InChI=1S/C19H30N4O2/c1-14-5-3-4-9-22(14)17(24)13-23-15-6-7-16(23)12-19(25,11-15)18-20-8-10-21(18)2/h8,10,14-16,25H,3-7,9,11-13H2,1-2H3. The van der Waals surface area contributed by atoms with Gasteiger partial charge in [0.1, 0.15) is 11.4 Å². The Kier molecular flexibility index (Phi) is 4.36. The highest BCUT2D eigenvalue weighted by atomic mass is 16.3. The fourth-order valence-corrected chi connectivity index (χ4v) is 5.29. The summed E-state index contributed by atoms with van der Waals surface area (Å²) in [5.74, 6) is 1.03. The molecule has 4 heterocycles. The molecule has 3 atom stereocenters. The summed E-state index contributed by atoms with van der Waals surface area (Å²) in [5.41, 5.74) is -0.859. The van der Waals surface area contributed by atoms with Crippen molar-refractivity contribution < 1.29 is 9.90 Å². The first kappa shape index (κ1) is 17.0. The van der Waals surface area contributed by atoms with Crippen LogP contribution in [-0.4, -0.2) is 61.6 Å². The molecule has 2 bridgehead atoms. The van der Waals surface area contributed by atoms with E-state index in [9.17, 15) is 9.90 Å². The fourth-order valence-electron chi connectivity index (χ4n) is 5.29. The lowest BCUT2D eigenvalue weighted by Gasteiger charge is -2.44. The van der Waals surface area contributed by atoms with Crippen LogP contribution in [0.15, 0.2) is 12.4 Å². The zero-order chi connectivity index (χ0) is 17.6. The van der Waals surface area contributed by atoms with E-state index in [4.69, 9.17) is 0 Å². The molecule has 0 saturated carbocycles. The lowest BCUT2D eigenvalue weighted by atomic mass is 9.85. The average Bonchev–Trinajstić information content (AvgIpc) is 3.11. The molecule has 1 aromatic heterocycles. The second-order valence-electron chi connectivity index (χ2n) is 8.29. The molecule has 6 nitrogen and oxygen atoms in total. The number of carbonyl (C=O) groups is 1. The Balaban J connectivity index is 1.46. The molecule has 1 N–H and O–H groups in total. The normalized spacial score (nSPS) is 36.0. The third-order valence-corrected chi connectivity index (χ3v) is 6.60. The molecular weight excluding hydrogens is 316 g/mol. The summed E-state index contributed by atoms with van der Waals surface area (Å²) in [7, 11) is 1.94. The summed E-state index contributed by atoms with van der Waals surface area (Å²) < 4.78 is 1.93. The van der Waals surface area contributed by atoms with Gasteiger partial charge in [-0.3, -0.25) is 9.69 Å². The molecular formula is C19H30N4O2. The number of rotatable bonds is 3. The molecule has 0 radical (unpaired) electrons. The highest BCUT2D eigenvalue weighted by molar-refractivity contribution is 5.78. The van der Waals surface area contributed by atoms with Gasteiger partial charge in [-0.25, -0.2) is 4.98 Å². The largest absolute Gasteiger partial charge is 0.382 e. The van der Waals surface area contributed by atoms with Crippen LogP contribution in [0.25, 0.3) is 0 Å². The summed E-state index contributed by atoms with van der Waals surface area (Å²) >= 11 is 0. The topological polar surface area (TPSA) is 61.6 Å². The van der Waals surface area contributed by atoms with Crippen molar-refractivity contribution in [1.29, 1.82) is 0 Å². The molecule has 3 saturated heterocycles. The van der Waals surface area contributed by atoms with Crippen molar-refractivity contribution in [2.45, 2.75) is 75.6 Å². The number of fused-ring (bicyclic) bond motifs is 2. The van der Waals surface area contributed by atoms with Gasteiger partial charge >= 0.3 is 0 Å². The lowest BCUT2D eigenvalue weighted by molar-refractivity contribution is -0.139. The molecule has 0 aromatic carbocycles. The molecule has 1 amide bonds. The molecule has 6 heteroatoms. The van der Waals surface area contributed by atoms with Crippen molar-refractivity contribution >= 4 is 5.91 Å². The lowest BCUT2D eigenvalue weighted by Crippen LogP contribution is -2.54. The molecule has 0 spiro atoms. The van der Waals surface area contributed by atoms with Crippen molar-refractivity contribution in [3.63, 3.8) is 0 Å². The molecule has 3 aliphatic heterocycles. The summed E-state index contributed by atoms with van der Waals surface area (Å²) in [6.45, 7) is 3.58. The van der Waals surface area contributed by atoms with Crippen LogP contribution in [-0.2, 0) is 17.4 Å². The highest BCUT2D eigenvalue weighted by Crippen LogP contribution is 2.45. The first-order chi connectivity index (χ1) is 12.0. The number of likely N-dealkylation sites (tertiary alicyclic amines) is 1. The number of aliphatic hydroxyl groups is 1. The van der Waals surface area contributed by atoms with Crippen LogP contribution in [0.2, 0.25) is 0 Å². The summed E-state index contributed by atoms with van der Waals surface area (Å²) in [6, 6.07) is 0.933. The number of aromatic nitrogens is 2. The van der Waals surface area contributed by atoms with Gasteiger partial charge in [0.25, 0.3) is 0 Å². The van der Waals surface area contributed by atoms with Gasteiger partial charge in [-0.15, -0.1) is 0 Å². The number of piperidine rings is 2. The second-order valence-corrected chi connectivity index (χ2v) is 8.29. The molecule has 4 rings (SSSR count). The zero-order valence-corrected chi connectivity index (χ0v) is 15.4. The Labute approximate surface area is 149 Å². The minimum atomic E-state index is -0.859. The number of aryl methyl sites for hydroxylation is 1. The van der Waals surface area contributed by atoms with E-state index in [2.05, 4.69) is 21.7 Å². The molecule has 3 fully saturated rings. The minimum absolute atomic E-state index is 0.270. The van der Waals surface area contributed by atoms with Gasteiger partial charge in [-0.2, -0.15) is 0 Å². The van der Waals surface area contributed by atoms with E-state index in [1.165, 1.54) is 6.42 Å². The third-order valence-electron chi connectivity index (χ3n) is 6.60. The number of carbonyl (C=O) groups excluding carboxylic acids is 1. The molecule has 25 heavy (non-hydrogen) atoms. The number of nitrogens with zero attached hydrogens (tertiary/aromatic N) is 4. The van der Waals surface area contributed by atoms with Gasteiger partial charge < -0.3 is 14.6 Å². The van der Waals surface area contributed by atoms with Gasteiger partial charge in [0, 0.05) is 44.1 Å². The number of hydrogen-bond donors (Lipinski definition) is 1. The molecule has 0 aliphatic carbocycles. The molecule has 3 aliphatic rings. The number of imidazole rings is 1. The molecule has 1 aromatic rings. The average molecular weight is 346 g/mol. The van der Waals surface area contributed by atoms with Crippen molar-refractivity contribution in [2.24, 2.45) is 7.05 Å². The zero-order valence-electron chi connectivity index (χ0n) is 15.4. The van der Waals surface area contributed by atoms with E-state index in [-0.39, 0.29) is 18.0 Å². The summed E-state index contributed by atoms with van der Waals surface area (Å²) in [6.07, 6.45) is 10.6. The van der Waals surface area contributed by atoms with Crippen LogP contribution in [0.3, 0.4) is 0 Å². The number of hydrogen-bond acceptors (Lipinski definition) is 4. The van der Waals surface area contributed by atoms with Crippen molar-refractivity contribution in [3.05, 3.63) is 18.2 Å². The van der Waals surface area contributed by atoms with Crippen molar-refractivity contribution in [3.8, 4) is 0 Å². The monoisotopic (exact) mass is 346 g/mol. The Morgan fingerprint density at radius 1 is 1.28 bits per heavy atom. The maximum absolute atomic E-state index is 12.8. The van der Waals surface area contributed by atoms with Gasteiger partial charge in [0.15, 0.2) is 0 Å². The fraction of sp³-hybridized carbons (Fsp3) is 0.789. The van der Waals surface area contributed by atoms with Crippen molar-refractivity contribution in [2.75, 3.05) is 13.1 Å². The smallest absolute Gasteiger partial charge is 0.237 e. The first-order valence-corrected chi connectivity index (χ1v) is 9.73. The van der Waals surface area contributed by atoms with E-state index in [0.717, 1.165) is 38.1 Å². The van der Waals surface area contributed by atoms with Gasteiger partial charge in [0.2, 0.25) is 5.91 Å². The SMILES string of the molecule is CC1CCCCN1C(=O)CN1C2CCC1CC(O)(c1nccn1C)C2. The summed E-state index contributed by atoms with van der Waals surface area (Å²) in [5, 5.41) is 11.2. The van der Waals surface area contributed by atoms with E-state index in [1.54, 1.807) is 6.20 Å². The van der Waals surface area contributed by atoms with E-state index >= 15 is 0 Å². The molecule has 3 unspecified atom stereocenters. The third kappa shape index (κ3) is 2.99. The van der Waals surface area contributed by atoms with Gasteiger partial charge in [0.05, 0.1) is 6.54 Å².